The third-order valence-electron chi connectivity index (χ3n) is 2.58. The molecule has 3 N–H and O–H groups in total. The summed E-state index contributed by atoms with van der Waals surface area (Å²) in [6.45, 7) is 3.50. The summed E-state index contributed by atoms with van der Waals surface area (Å²) in [5, 5.41) is 3.23. The van der Waals surface area contributed by atoms with E-state index in [1.807, 2.05) is 13.1 Å². The smallest absolute Gasteiger partial charge is 0.250 e. The van der Waals surface area contributed by atoms with Gasteiger partial charge in [-0.05, 0) is 31.0 Å². The fraction of sp³-hybridized carbons (Fsp3) is 0.400. The van der Waals surface area contributed by atoms with E-state index in [4.69, 9.17) is 5.73 Å². The standard InChI is InChI=1S/C10H13N3O/c1-6-9(10(11)14)8-2-3-12-4-7(8)5-13-6/h5,12H,2-4H2,1H3,(H2,11,14). The number of aromatic nitrogens is 1. The lowest BCUT2D eigenvalue weighted by Gasteiger charge is -2.19. The van der Waals surface area contributed by atoms with Crippen LogP contribution in [0.1, 0.15) is 27.2 Å². The van der Waals surface area contributed by atoms with Crippen LogP contribution in [-0.4, -0.2) is 17.4 Å². The minimum absolute atomic E-state index is 0.367. The van der Waals surface area contributed by atoms with Gasteiger partial charge in [0.05, 0.1) is 11.3 Å². The van der Waals surface area contributed by atoms with Crippen LogP contribution < -0.4 is 11.1 Å². The summed E-state index contributed by atoms with van der Waals surface area (Å²) in [5.41, 5.74) is 8.85. The molecule has 0 saturated carbocycles. The number of nitrogens with one attached hydrogen (secondary N) is 1. The minimum atomic E-state index is -0.367. The Balaban J connectivity index is 2.60. The van der Waals surface area contributed by atoms with Gasteiger partial charge in [-0.2, -0.15) is 0 Å². The van der Waals surface area contributed by atoms with Crippen molar-refractivity contribution in [2.45, 2.75) is 19.9 Å². The number of primary amides is 1. The van der Waals surface area contributed by atoms with Gasteiger partial charge in [-0.25, -0.2) is 0 Å². The van der Waals surface area contributed by atoms with Gasteiger partial charge in [0.15, 0.2) is 0 Å². The Bertz CT molecular complexity index is 387. The Morgan fingerprint density at radius 1 is 1.64 bits per heavy atom. The lowest BCUT2D eigenvalue weighted by molar-refractivity contribution is 0.0998. The Morgan fingerprint density at radius 3 is 3.14 bits per heavy atom. The Labute approximate surface area is 82.5 Å². The molecule has 1 aromatic heterocycles. The van der Waals surface area contributed by atoms with E-state index in [0.717, 1.165) is 36.3 Å². The van der Waals surface area contributed by atoms with Crippen molar-refractivity contribution in [1.82, 2.24) is 10.3 Å². The molecule has 1 aliphatic heterocycles. The number of carbonyl (C=O) groups is 1. The van der Waals surface area contributed by atoms with Gasteiger partial charge in [-0.15, -0.1) is 0 Å². The van der Waals surface area contributed by atoms with Gasteiger partial charge in [-0.3, -0.25) is 9.78 Å². The molecule has 2 rings (SSSR count). The molecule has 0 atom stereocenters. The largest absolute Gasteiger partial charge is 0.366 e. The van der Waals surface area contributed by atoms with Crippen LogP contribution in [0.3, 0.4) is 0 Å². The normalized spacial score (nSPS) is 14.9. The molecule has 1 amide bonds. The summed E-state index contributed by atoms with van der Waals surface area (Å²) >= 11 is 0. The van der Waals surface area contributed by atoms with Crippen LogP contribution in [0.4, 0.5) is 0 Å². The number of fused-ring (bicyclic) bond motifs is 1. The number of carbonyl (C=O) groups excluding carboxylic acids is 1. The summed E-state index contributed by atoms with van der Waals surface area (Å²) < 4.78 is 0. The Kier molecular flexibility index (Phi) is 2.21. The van der Waals surface area contributed by atoms with Crippen molar-refractivity contribution in [2.75, 3.05) is 6.54 Å². The Morgan fingerprint density at radius 2 is 2.43 bits per heavy atom. The van der Waals surface area contributed by atoms with Crippen molar-refractivity contribution in [1.29, 1.82) is 0 Å². The SMILES string of the molecule is Cc1ncc2c(c1C(N)=O)CCNC2. The highest BCUT2D eigenvalue weighted by molar-refractivity contribution is 5.95. The monoisotopic (exact) mass is 191 g/mol. The molecule has 0 bridgehead atoms. The third kappa shape index (κ3) is 1.37. The van der Waals surface area contributed by atoms with E-state index in [9.17, 15) is 4.79 Å². The molecular weight excluding hydrogens is 178 g/mol. The summed E-state index contributed by atoms with van der Waals surface area (Å²) in [7, 11) is 0. The number of nitrogens with two attached hydrogens (primary N) is 1. The first-order valence-electron chi connectivity index (χ1n) is 4.68. The lowest BCUT2D eigenvalue weighted by Crippen LogP contribution is -2.28. The number of aryl methyl sites for hydroxylation is 1. The number of hydrogen-bond donors (Lipinski definition) is 2. The van der Waals surface area contributed by atoms with Crippen molar-refractivity contribution in [2.24, 2.45) is 5.73 Å². The van der Waals surface area contributed by atoms with Gasteiger partial charge in [0.1, 0.15) is 0 Å². The van der Waals surface area contributed by atoms with Crippen LogP contribution in [0, 0.1) is 6.92 Å². The minimum Gasteiger partial charge on any atom is -0.366 e. The maximum absolute atomic E-state index is 11.3. The van der Waals surface area contributed by atoms with Gasteiger partial charge in [-0.1, -0.05) is 0 Å². The molecule has 4 heteroatoms. The second kappa shape index (κ2) is 3.38. The molecule has 0 radical (unpaired) electrons. The third-order valence-corrected chi connectivity index (χ3v) is 2.58. The van der Waals surface area contributed by atoms with Crippen LogP contribution >= 0.6 is 0 Å². The van der Waals surface area contributed by atoms with Gasteiger partial charge in [0.2, 0.25) is 0 Å². The van der Waals surface area contributed by atoms with E-state index in [1.165, 1.54) is 0 Å². The van der Waals surface area contributed by atoms with E-state index in [-0.39, 0.29) is 5.91 Å². The number of pyridine rings is 1. The summed E-state index contributed by atoms with van der Waals surface area (Å²) in [5.74, 6) is -0.367. The van der Waals surface area contributed by atoms with Crippen LogP contribution in [0.2, 0.25) is 0 Å². The van der Waals surface area contributed by atoms with Crippen molar-refractivity contribution >= 4 is 5.91 Å². The second-order valence-corrected chi connectivity index (χ2v) is 3.51. The molecule has 14 heavy (non-hydrogen) atoms. The van der Waals surface area contributed by atoms with Gasteiger partial charge >= 0.3 is 0 Å². The average molecular weight is 191 g/mol. The first-order chi connectivity index (χ1) is 6.70. The molecule has 0 aromatic carbocycles. The predicted molar refractivity (Wildman–Crippen MR) is 52.9 cm³/mol. The fourth-order valence-electron chi connectivity index (χ4n) is 1.90. The number of rotatable bonds is 1. The second-order valence-electron chi connectivity index (χ2n) is 3.51. The van der Waals surface area contributed by atoms with E-state index < -0.39 is 0 Å². The molecule has 1 aromatic rings. The maximum atomic E-state index is 11.3. The molecule has 0 fully saturated rings. The molecule has 0 spiro atoms. The quantitative estimate of drug-likeness (QED) is 0.663. The van der Waals surface area contributed by atoms with Crippen molar-refractivity contribution in [3.05, 3.63) is 28.6 Å². The zero-order valence-corrected chi connectivity index (χ0v) is 8.13. The molecular formula is C10H13N3O. The zero-order valence-electron chi connectivity index (χ0n) is 8.13. The summed E-state index contributed by atoms with van der Waals surface area (Å²) in [4.78, 5) is 15.4. The highest BCUT2D eigenvalue weighted by Crippen LogP contribution is 2.19. The van der Waals surface area contributed by atoms with Gasteiger partial charge < -0.3 is 11.1 Å². The molecule has 0 unspecified atom stereocenters. The highest BCUT2D eigenvalue weighted by atomic mass is 16.1. The highest BCUT2D eigenvalue weighted by Gasteiger charge is 2.18. The van der Waals surface area contributed by atoms with Crippen molar-refractivity contribution in [3.8, 4) is 0 Å². The van der Waals surface area contributed by atoms with Crippen molar-refractivity contribution in [3.63, 3.8) is 0 Å². The lowest BCUT2D eigenvalue weighted by atomic mass is 9.96. The van der Waals surface area contributed by atoms with Crippen LogP contribution in [-0.2, 0) is 13.0 Å². The maximum Gasteiger partial charge on any atom is 0.250 e. The topological polar surface area (TPSA) is 68.0 Å². The van der Waals surface area contributed by atoms with Gasteiger partial charge in [0, 0.05) is 12.7 Å². The molecule has 1 aliphatic rings. The fourth-order valence-corrected chi connectivity index (χ4v) is 1.90. The number of hydrogen-bond acceptors (Lipinski definition) is 3. The molecule has 0 aliphatic carbocycles. The van der Waals surface area contributed by atoms with E-state index in [0.29, 0.717) is 5.56 Å². The summed E-state index contributed by atoms with van der Waals surface area (Å²) in [6, 6.07) is 0. The van der Waals surface area contributed by atoms with Gasteiger partial charge in [0.25, 0.3) is 5.91 Å². The zero-order chi connectivity index (χ0) is 10.1. The first-order valence-corrected chi connectivity index (χ1v) is 4.68. The van der Waals surface area contributed by atoms with E-state index >= 15 is 0 Å². The van der Waals surface area contributed by atoms with Crippen molar-refractivity contribution < 1.29 is 4.79 Å². The van der Waals surface area contributed by atoms with E-state index in [1.54, 1.807) is 0 Å². The first kappa shape index (κ1) is 9.15. The van der Waals surface area contributed by atoms with Crippen LogP contribution in [0.5, 0.6) is 0 Å². The number of nitrogens with zero attached hydrogens (tertiary/aromatic N) is 1. The van der Waals surface area contributed by atoms with Crippen LogP contribution in [0.25, 0.3) is 0 Å². The van der Waals surface area contributed by atoms with Crippen LogP contribution in [0.15, 0.2) is 6.20 Å². The average Bonchev–Trinajstić information content (AvgIpc) is 2.17. The molecule has 4 nitrogen and oxygen atoms in total. The molecule has 0 saturated heterocycles. The number of amides is 1. The molecule has 74 valence electrons. The van der Waals surface area contributed by atoms with E-state index in [2.05, 4.69) is 10.3 Å². The predicted octanol–water partition coefficient (Wildman–Crippen LogP) is 0.135. The Hall–Kier alpha value is -1.42. The molecule has 2 heterocycles. The summed E-state index contributed by atoms with van der Waals surface area (Å²) in [6.07, 6.45) is 2.68.